The number of hydrogen-bond donors (Lipinski definition) is 2. The molecule has 5 rings (SSSR count). The predicted octanol–water partition coefficient (Wildman–Crippen LogP) is 6.08. The lowest BCUT2D eigenvalue weighted by Gasteiger charge is -2.08. The van der Waals surface area contributed by atoms with Crippen molar-refractivity contribution in [3.63, 3.8) is 0 Å². The number of benzene rings is 3. The van der Waals surface area contributed by atoms with E-state index >= 15 is 0 Å². The van der Waals surface area contributed by atoms with Gasteiger partial charge in [-0.05, 0) is 48.5 Å². The number of halogens is 1. The van der Waals surface area contributed by atoms with Crippen LogP contribution in [0, 0.1) is 0 Å². The van der Waals surface area contributed by atoms with E-state index in [1.165, 1.54) is 0 Å². The zero-order chi connectivity index (χ0) is 19.6. The standard InChI is InChI=1S/C23H16ClN5/c24-19-6-2-7-21-22(19)28-23(27-21)16-4-1-5-18(14-16)26-17-11-9-15(10-12-17)20-8-3-13-25-29-20/h1-14,26H,(H,27,28). The number of anilines is 2. The Morgan fingerprint density at radius 2 is 1.66 bits per heavy atom. The Morgan fingerprint density at radius 3 is 2.45 bits per heavy atom. The number of nitrogens with one attached hydrogen (secondary N) is 2. The second-order valence-corrected chi connectivity index (χ2v) is 7.02. The third kappa shape index (κ3) is 3.56. The Bertz CT molecular complexity index is 1280. The summed E-state index contributed by atoms with van der Waals surface area (Å²) in [5.41, 5.74) is 6.52. The third-order valence-electron chi connectivity index (χ3n) is 4.64. The first-order chi connectivity index (χ1) is 14.3. The van der Waals surface area contributed by atoms with Crippen molar-refractivity contribution in [3.05, 3.63) is 90.1 Å². The molecule has 0 radical (unpaired) electrons. The van der Waals surface area contributed by atoms with Gasteiger partial charge in [-0.3, -0.25) is 0 Å². The summed E-state index contributed by atoms with van der Waals surface area (Å²) in [4.78, 5) is 7.97. The van der Waals surface area contributed by atoms with Crippen LogP contribution >= 0.6 is 11.6 Å². The van der Waals surface area contributed by atoms with Gasteiger partial charge in [-0.15, -0.1) is 0 Å². The molecule has 3 aromatic carbocycles. The average molecular weight is 398 g/mol. The van der Waals surface area contributed by atoms with Crippen molar-refractivity contribution < 1.29 is 0 Å². The van der Waals surface area contributed by atoms with Gasteiger partial charge in [0, 0.05) is 28.7 Å². The number of imidazole rings is 1. The molecule has 5 nitrogen and oxygen atoms in total. The van der Waals surface area contributed by atoms with E-state index in [0.29, 0.717) is 5.02 Å². The minimum atomic E-state index is 0.665. The first kappa shape index (κ1) is 17.4. The monoisotopic (exact) mass is 397 g/mol. The van der Waals surface area contributed by atoms with E-state index in [2.05, 4.69) is 31.5 Å². The fourth-order valence-corrected chi connectivity index (χ4v) is 3.44. The second kappa shape index (κ2) is 7.37. The van der Waals surface area contributed by atoms with E-state index in [-0.39, 0.29) is 0 Å². The van der Waals surface area contributed by atoms with Gasteiger partial charge in [0.2, 0.25) is 0 Å². The lowest BCUT2D eigenvalue weighted by molar-refractivity contribution is 1.04. The van der Waals surface area contributed by atoms with E-state index in [1.54, 1.807) is 6.20 Å². The molecule has 0 spiro atoms. The Balaban J connectivity index is 1.40. The summed E-state index contributed by atoms with van der Waals surface area (Å²) < 4.78 is 0. The van der Waals surface area contributed by atoms with E-state index in [1.807, 2.05) is 72.8 Å². The van der Waals surface area contributed by atoms with E-state index in [0.717, 1.165) is 45.1 Å². The molecular weight excluding hydrogens is 382 g/mol. The second-order valence-electron chi connectivity index (χ2n) is 6.61. The first-order valence-electron chi connectivity index (χ1n) is 9.16. The maximum absolute atomic E-state index is 6.26. The van der Waals surface area contributed by atoms with Gasteiger partial charge in [-0.2, -0.15) is 10.2 Å². The van der Waals surface area contributed by atoms with E-state index in [4.69, 9.17) is 11.6 Å². The highest BCUT2D eigenvalue weighted by Crippen LogP contribution is 2.28. The fourth-order valence-electron chi connectivity index (χ4n) is 3.22. The van der Waals surface area contributed by atoms with Crippen LogP contribution in [-0.2, 0) is 0 Å². The van der Waals surface area contributed by atoms with Crippen LogP contribution in [0.4, 0.5) is 11.4 Å². The summed E-state index contributed by atoms with van der Waals surface area (Å²) in [6.07, 6.45) is 1.67. The fraction of sp³-hybridized carbons (Fsp3) is 0. The van der Waals surface area contributed by atoms with Crippen LogP contribution in [0.25, 0.3) is 33.7 Å². The minimum Gasteiger partial charge on any atom is -0.356 e. The van der Waals surface area contributed by atoms with Crippen LogP contribution in [0.15, 0.2) is 85.1 Å². The largest absolute Gasteiger partial charge is 0.356 e. The van der Waals surface area contributed by atoms with Gasteiger partial charge >= 0.3 is 0 Å². The summed E-state index contributed by atoms with van der Waals surface area (Å²) in [5.74, 6) is 0.787. The van der Waals surface area contributed by atoms with Crippen molar-refractivity contribution >= 4 is 34.0 Å². The molecule has 5 aromatic rings. The zero-order valence-corrected chi connectivity index (χ0v) is 16.1. The van der Waals surface area contributed by atoms with Crippen molar-refractivity contribution in [2.75, 3.05) is 5.32 Å². The van der Waals surface area contributed by atoms with Crippen LogP contribution in [0.5, 0.6) is 0 Å². The summed E-state index contributed by atoms with van der Waals surface area (Å²) in [7, 11) is 0. The van der Waals surface area contributed by atoms with Gasteiger partial charge < -0.3 is 10.3 Å². The molecule has 0 fully saturated rings. The van der Waals surface area contributed by atoms with Crippen LogP contribution in [0.1, 0.15) is 0 Å². The van der Waals surface area contributed by atoms with Crippen LogP contribution < -0.4 is 5.32 Å². The lowest BCUT2D eigenvalue weighted by atomic mass is 10.1. The van der Waals surface area contributed by atoms with Gasteiger partial charge in [-0.1, -0.05) is 41.9 Å². The molecule has 2 aromatic heterocycles. The summed E-state index contributed by atoms with van der Waals surface area (Å²) in [6.45, 7) is 0. The summed E-state index contributed by atoms with van der Waals surface area (Å²) >= 11 is 6.26. The summed E-state index contributed by atoms with van der Waals surface area (Å²) in [6, 6.07) is 25.7. The van der Waals surface area contributed by atoms with Gasteiger partial charge in [0.1, 0.15) is 5.82 Å². The van der Waals surface area contributed by atoms with Crippen LogP contribution in [0.3, 0.4) is 0 Å². The number of aromatic nitrogens is 4. The number of H-pyrrole nitrogens is 1. The molecule has 0 atom stereocenters. The molecule has 2 N–H and O–H groups in total. The van der Waals surface area contributed by atoms with Gasteiger partial charge in [0.25, 0.3) is 0 Å². The number of aromatic amines is 1. The number of hydrogen-bond acceptors (Lipinski definition) is 4. The highest BCUT2D eigenvalue weighted by atomic mass is 35.5. The molecule has 0 aliphatic heterocycles. The Kier molecular flexibility index (Phi) is 4.42. The SMILES string of the molecule is Clc1cccc2nc(-c3cccc(Nc4ccc(-c5cccnn5)cc4)c3)[nH]c12. The van der Waals surface area contributed by atoms with Crippen molar-refractivity contribution in [2.24, 2.45) is 0 Å². The molecule has 2 heterocycles. The zero-order valence-electron chi connectivity index (χ0n) is 15.3. The average Bonchev–Trinajstić information content (AvgIpc) is 3.21. The number of rotatable bonds is 4. The Hall–Kier alpha value is -3.70. The highest BCUT2D eigenvalue weighted by molar-refractivity contribution is 6.35. The molecule has 0 saturated carbocycles. The van der Waals surface area contributed by atoms with Crippen LogP contribution in [0.2, 0.25) is 5.02 Å². The van der Waals surface area contributed by atoms with E-state index in [9.17, 15) is 0 Å². The van der Waals surface area contributed by atoms with Crippen molar-refractivity contribution in [2.45, 2.75) is 0 Å². The normalized spacial score (nSPS) is 10.9. The quantitative estimate of drug-likeness (QED) is 0.385. The number of nitrogens with zero attached hydrogens (tertiary/aromatic N) is 3. The number of fused-ring (bicyclic) bond motifs is 1. The maximum atomic E-state index is 6.26. The summed E-state index contributed by atoms with van der Waals surface area (Å²) in [5, 5.41) is 12.2. The molecule has 0 saturated heterocycles. The minimum absolute atomic E-state index is 0.665. The molecule has 0 aliphatic rings. The molecule has 6 heteroatoms. The van der Waals surface area contributed by atoms with Gasteiger partial charge in [0.15, 0.2) is 0 Å². The maximum Gasteiger partial charge on any atom is 0.138 e. The van der Waals surface area contributed by atoms with Crippen LogP contribution in [-0.4, -0.2) is 20.2 Å². The van der Waals surface area contributed by atoms with Crippen molar-refractivity contribution in [3.8, 4) is 22.6 Å². The topological polar surface area (TPSA) is 66.5 Å². The molecule has 0 bridgehead atoms. The third-order valence-corrected chi connectivity index (χ3v) is 4.96. The molecule has 0 unspecified atom stereocenters. The molecule has 0 aliphatic carbocycles. The van der Waals surface area contributed by atoms with Crippen molar-refractivity contribution in [1.82, 2.24) is 20.2 Å². The molecule has 140 valence electrons. The Labute approximate surface area is 172 Å². The van der Waals surface area contributed by atoms with Gasteiger partial charge in [-0.25, -0.2) is 4.98 Å². The smallest absolute Gasteiger partial charge is 0.138 e. The number of para-hydroxylation sites is 1. The molecule has 0 amide bonds. The molecular formula is C23H16ClN5. The Morgan fingerprint density at radius 1 is 0.793 bits per heavy atom. The first-order valence-corrected chi connectivity index (χ1v) is 9.54. The predicted molar refractivity (Wildman–Crippen MR) is 117 cm³/mol. The van der Waals surface area contributed by atoms with E-state index < -0.39 is 0 Å². The lowest BCUT2D eigenvalue weighted by Crippen LogP contribution is -1.92. The van der Waals surface area contributed by atoms with Crippen molar-refractivity contribution in [1.29, 1.82) is 0 Å². The van der Waals surface area contributed by atoms with Gasteiger partial charge in [0.05, 0.1) is 21.7 Å². The molecule has 29 heavy (non-hydrogen) atoms. The highest BCUT2D eigenvalue weighted by Gasteiger charge is 2.08.